The molecule has 0 bridgehead atoms. The zero-order chi connectivity index (χ0) is 7.98. The maximum Gasteiger partial charge on any atom is 0.0338 e. The average molecular weight is 222 g/mol. The van der Waals surface area contributed by atoms with Crippen LogP contribution >= 0.6 is 46.4 Å². The predicted molar refractivity (Wildman–Crippen MR) is 49.4 cm³/mol. The average Bonchev–Trinajstić information content (AvgIpc) is 1.89. The van der Waals surface area contributed by atoms with Crippen molar-refractivity contribution in [2.24, 2.45) is 0 Å². The molecule has 0 aromatic heterocycles. The molecule has 0 spiro atoms. The third kappa shape index (κ3) is 4.68. The normalized spacial score (nSPS) is 13.2. The van der Waals surface area contributed by atoms with E-state index < -0.39 is 0 Å². The summed E-state index contributed by atoms with van der Waals surface area (Å²) in [6, 6.07) is 0. The van der Waals surface area contributed by atoms with Crippen molar-refractivity contribution < 1.29 is 0 Å². The molecule has 0 unspecified atom stereocenters. The Balaban J connectivity index is 3.79. The molecular formula is C6H8Cl4. The molecule has 0 heterocycles. The highest BCUT2D eigenvalue weighted by Gasteiger charge is 1.99. The van der Waals surface area contributed by atoms with E-state index in [9.17, 15) is 0 Å². The summed E-state index contributed by atoms with van der Waals surface area (Å²) in [4.78, 5) is 0. The lowest BCUT2D eigenvalue weighted by Crippen LogP contribution is -1.82. The van der Waals surface area contributed by atoms with Crippen molar-refractivity contribution in [3.63, 3.8) is 0 Å². The van der Waals surface area contributed by atoms with Gasteiger partial charge >= 0.3 is 0 Å². The maximum atomic E-state index is 5.71. The monoisotopic (exact) mass is 220 g/mol. The summed E-state index contributed by atoms with van der Waals surface area (Å²) in [6.45, 7) is 0. The Hall–Kier alpha value is 0.900. The lowest BCUT2D eigenvalue weighted by atomic mass is 10.3. The van der Waals surface area contributed by atoms with Crippen molar-refractivity contribution in [2.45, 2.75) is 12.8 Å². The van der Waals surface area contributed by atoms with Crippen LogP contribution in [0.25, 0.3) is 0 Å². The van der Waals surface area contributed by atoms with E-state index in [2.05, 4.69) is 0 Å². The second kappa shape index (κ2) is 6.60. The van der Waals surface area contributed by atoms with Crippen molar-refractivity contribution >= 4 is 46.4 Å². The SMILES string of the molecule is ClCC/C(Cl)=C(\Cl)CCCl. The van der Waals surface area contributed by atoms with Crippen molar-refractivity contribution in [1.82, 2.24) is 0 Å². The van der Waals surface area contributed by atoms with Gasteiger partial charge in [-0.25, -0.2) is 0 Å². The van der Waals surface area contributed by atoms with Crippen LogP contribution in [-0.2, 0) is 0 Å². The van der Waals surface area contributed by atoms with Crippen LogP contribution in [0.3, 0.4) is 0 Å². The fraction of sp³-hybridized carbons (Fsp3) is 0.667. The molecule has 10 heavy (non-hydrogen) atoms. The van der Waals surface area contributed by atoms with Gasteiger partial charge in [0.05, 0.1) is 0 Å². The maximum absolute atomic E-state index is 5.71. The second-order valence-electron chi connectivity index (χ2n) is 1.69. The van der Waals surface area contributed by atoms with Gasteiger partial charge in [-0.1, -0.05) is 23.2 Å². The zero-order valence-corrected chi connectivity index (χ0v) is 8.36. The molecule has 0 N–H and O–H groups in total. The molecular weight excluding hydrogens is 214 g/mol. The molecule has 0 aromatic carbocycles. The Morgan fingerprint density at radius 3 is 1.30 bits per heavy atom. The summed E-state index contributed by atoms with van der Waals surface area (Å²) in [5, 5.41) is 1.25. The van der Waals surface area contributed by atoms with Crippen LogP contribution < -0.4 is 0 Å². The Bertz CT molecular complexity index is 105. The molecule has 4 heteroatoms. The number of alkyl halides is 2. The van der Waals surface area contributed by atoms with E-state index in [0.717, 1.165) is 0 Å². The van der Waals surface area contributed by atoms with E-state index in [1.54, 1.807) is 0 Å². The smallest absolute Gasteiger partial charge is 0.0338 e. The van der Waals surface area contributed by atoms with Crippen molar-refractivity contribution in [1.29, 1.82) is 0 Å². The van der Waals surface area contributed by atoms with Crippen LogP contribution in [0.5, 0.6) is 0 Å². The summed E-state index contributed by atoms with van der Waals surface area (Å²) in [6.07, 6.45) is 1.25. The molecule has 60 valence electrons. The Labute approximate surface area is 81.1 Å². The molecule has 0 radical (unpaired) electrons. The molecule has 0 aliphatic heterocycles. The van der Waals surface area contributed by atoms with E-state index in [-0.39, 0.29) is 0 Å². The van der Waals surface area contributed by atoms with Crippen LogP contribution in [0.4, 0.5) is 0 Å². The fourth-order valence-electron chi connectivity index (χ4n) is 0.437. The Kier molecular flexibility index (Phi) is 7.19. The highest BCUT2D eigenvalue weighted by molar-refractivity contribution is 6.39. The summed E-state index contributed by atoms with van der Waals surface area (Å²) < 4.78 is 0. The van der Waals surface area contributed by atoms with Gasteiger partial charge in [0.25, 0.3) is 0 Å². The van der Waals surface area contributed by atoms with Gasteiger partial charge in [-0.05, 0) is 12.8 Å². The van der Waals surface area contributed by atoms with Crippen molar-refractivity contribution in [3.05, 3.63) is 10.1 Å². The third-order valence-corrected chi connectivity index (χ3v) is 2.23. The van der Waals surface area contributed by atoms with E-state index in [1.165, 1.54) is 0 Å². The van der Waals surface area contributed by atoms with Crippen LogP contribution in [0.1, 0.15) is 12.8 Å². The van der Waals surface area contributed by atoms with E-state index in [1.807, 2.05) is 0 Å². The van der Waals surface area contributed by atoms with Gasteiger partial charge in [-0.2, -0.15) is 0 Å². The largest absolute Gasteiger partial charge is 0.126 e. The van der Waals surface area contributed by atoms with Gasteiger partial charge in [-0.3, -0.25) is 0 Å². The Morgan fingerprint density at radius 2 is 1.10 bits per heavy atom. The highest BCUT2D eigenvalue weighted by Crippen LogP contribution is 2.20. The van der Waals surface area contributed by atoms with Crippen molar-refractivity contribution in [2.75, 3.05) is 11.8 Å². The minimum Gasteiger partial charge on any atom is -0.126 e. The highest BCUT2D eigenvalue weighted by atomic mass is 35.5. The fourth-order valence-corrected chi connectivity index (χ4v) is 1.39. The van der Waals surface area contributed by atoms with Crippen molar-refractivity contribution in [3.8, 4) is 0 Å². The third-order valence-electron chi connectivity index (χ3n) is 0.922. The lowest BCUT2D eigenvalue weighted by Gasteiger charge is -1.98. The number of rotatable bonds is 4. The molecule has 0 saturated carbocycles. The quantitative estimate of drug-likeness (QED) is 0.632. The molecule has 0 nitrogen and oxygen atoms in total. The van der Waals surface area contributed by atoms with E-state index in [0.29, 0.717) is 34.7 Å². The number of halogens is 4. The zero-order valence-electron chi connectivity index (χ0n) is 5.34. The first-order valence-electron chi connectivity index (χ1n) is 2.87. The Morgan fingerprint density at radius 1 is 0.800 bits per heavy atom. The standard InChI is InChI=1S/C6H8Cl4/c7-3-1-5(9)6(10)2-4-8/h1-4H2/b6-5+. The van der Waals surface area contributed by atoms with Gasteiger partial charge in [0.15, 0.2) is 0 Å². The van der Waals surface area contributed by atoms with Gasteiger partial charge in [0.1, 0.15) is 0 Å². The topological polar surface area (TPSA) is 0 Å². The van der Waals surface area contributed by atoms with Gasteiger partial charge in [-0.15, -0.1) is 23.2 Å². The first-order chi connectivity index (χ1) is 4.72. The van der Waals surface area contributed by atoms with Crippen LogP contribution in [-0.4, -0.2) is 11.8 Å². The molecule has 0 rings (SSSR count). The van der Waals surface area contributed by atoms with E-state index >= 15 is 0 Å². The van der Waals surface area contributed by atoms with Gasteiger partial charge in [0, 0.05) is 21.8 Å². The summed E-state index contributed by atoms with van der Waals surface area (Å²) in [7, 11) is 0. The summed E-state index contributed by atoms with van der Waals surface area (Å²) >= 11 is 22.3. The van der Waals surface area contributed by atoms with Crippen LogP contribution in [0.15, 0.2) is 10.1 Å². The first kappa shape index (κ1) is 10.9. The molecule has 0 fully saturated rings. The van der Waals surface area contributed by atoms with Crippen LogP contribution in [0.2, 0.25) is 0 Å². The molecule has 0 aliphatic rings. The summed E-state index contributed by atoms with van der Waals surface area (Å²) in [5.41, 5.74) is 0. The number of allylic oxidation sites excluding steroid dienone is 2. The minimum absolute atomic E-state index is 0.497. The minimum atomic E-state index is 0.497. The number of hydrogen-bond acceptors (Lipinski definition) is 0. The molecule has 0 atom stereocenters. The molecule has 0 aromatic rings. The van der Waals surface area contributed by atoms with Gasteiger partial charge < -0.3 is 0 Å². The van der Waals surface area contributed by atoms with E-state index in [4.69, 9.17) is 46.4 Å². The second-order valence-corrected chi connectivity index (χ2v) is 3.36. The molecule has 0 aliphatic carbocycles. The van der Waals surface area contributed by atoms with Gasteiger partial charge in [0.2, 0.25) is 0 Å². The summed E-state index contributed by atoms with van der Waals surface area (Å²) in [5.74, 6) is 0.995. The molecule has 0 amide bonds. The first-order valence-corrected chi connectivity index (χ1v) is 4.69. The lowest BCUT2D eigenvalue weighted by molar-refractivity contribution is 1.12. The predicted octanol–water partition coefficient (Wildman–Crippen LogP) is 3.93. The van der Waals surface area contributed by atoms with Crippen LogP contribution in [0, 0.1) is 0 Å². The number of hydrogen-bond donors (Lipinski definition) is 0. The molecule has 0 saturated heterocycles.